The van der Waals surface area contributed by atoms with Crippen LogP contribution in [0.15, 0.2) is 9.90 Å². The molecule has 0 radical (unpaired) electrons. The van der Waals surface area contributed by atoms with Crippen LogP contribution in [0.2, 0.25) is 0 Å². The molecule has 6 heteroatoms. The van der Waals surface area contributed by atoms with Crippen molar-refractivity contribution in [3.8, 4) is 0 Å². The minimum absolute atomic E-state index is 0.0791. The van der Waals surface area contributed by atoms with Crippen LogP contribution in [0.1, 0.15) is 42.7 Å². The highest BCUT2D eigenvalue weighted by molar-refractivity contribution is 7.09. The van der Waals surface area contributed by atoms with Gasteiger partial charge < -0.3 is 10.3 Å². The number of aryl methyl sites for hydroxylation is 1. The minimum atomic E-state index is 0.0791. The average molecular weight is 280 g/mol. The largest absolute Gasteiger partial charge is 0.339 e. The maximum absolute atomic E-state index is 6.03. The first-order valence-corrected chi connectivity index (χ1v) is 7.39. The molecule has 0 fully saturated rings. The maximum atomic E-state index is 6.03. The van der Waals surface area contributed by atoms with E-state index in [1.165, 1.54) is 0 Å². The lowest BCUT2D eigenvalue weighted by Crippen LogP contribution is -2.24. The van der Waals surface area contributed by atoms with E-state index >= 15 is 0 Å². The quantitative estimate of drug-likeness (QED) is 0.878. The average Bonchev–Trinajstić information content (AvgIpc) is 2.88. The third-order valence-electron chi connectivity index (χ3n) is 2.70. The number of hydrogen-bond donors (Lipinski definition) is 1. The van der Waals surface area contributed by atoms with Crippen molar-refractivity contribution in [2.24, 2.45) is 11.7 Å². The van der Waals surface area contributed by atoms with Gasteiger partial charge >= 0.3 is 0 Å². The molecule has 1 atom stereocenters. The molecule has 0 aliphatic rings. The van der Waals surface area contributed by atoms with Crippen molar-refractivity contribution in [2.75, 3.05) is 0 Å². The van der Waals surface area contributed by atoms with Crippen molar-refractivity contribution in [3.63, 3.8) is 0 Å². The van der Waals surface area contributed by atoms with Gasteiger partial charge in [-0.25, -0.2) is 4.98 Å². The molecule has 19 heavy (non-hydrogen) atoms. The van der Waals surface area contributed by atoms with Crippen LogP contribution in [0.3, 0.4) is 0 Å². The van der Waals surface area contributed by atoms with Gasteiger partial charge in [0.2, 0.25) is 5.89 Å². The Morgan fingerprint density at radius 1 is 1.37 bits per heavy atom. The standard InChI is InChI=1S/C13H20N4OS/c1-8(2)4-10(14)5-12-16-11(17-18-12)6-13-15-9(3)7-19-13/h7-8,10H,4-6,14H2,1-3H3. The predicted molar refractivity (Wildman–Crippen MR) is 75.1 cm³/mol. The van der Waals surface area contributed by atoms with E-state index in [1.807, 2.05) is 12.3 Å². The van der Waals surface area contributed by atoms with Crippen molar-refractivity contribution in [3.05, 3.63) is 27.8 Å². The Labute approximate surface area is 117 Å². The van der Waals surface area contributed by atoms with Crippen LogP contribution in [-0.2, 0) is 12.8 Å². The Balaban J connectivity index is 1.91. The number of nitrogens with two attached hydrogens (primary N) is 1. The Hall–Kier alpha value is -1.27. The summed E-state index contributed by atoms with van der Waals surface area (Å²) >= 11 is 1.62. The summed E-state index contributed by atoms with van der Waals surface area (Å²) in [5, 5.41) is 7.01. The van der Waals surface area contributed by atoms with Crippen molar-refractivity contribution < 1.29 is 4.52 Å². The molecule has 0 bridgehead atoms. The van der Waals surface area contributed by atoms with Gasteiger partial charge in [-0.1, -0.05) is 19.0 Å². The molecule has 2 aromatic rings. The first-order chi connectivity index (χ1) is 9.02. The lowest BCUT2D eigenvalue weighted by molar-refractivity contribution is 0.355. The van der Waals surface area contributed by atoms with Gasteiger partial charge in [0.15, 0.2) is 5.82 Å². The second-order valence-electron chi connectivity index (χ2n) is 5.26. The monoisotopic (exact) mass is 280 g/mol. The highest BCUT2D eigenvalue weighted by Crippen LogP contribution is 2.13. The number of hydrogen-bond acceptors (Lipinski definition) is 6. The zero-order valence-corrected chi connectivity index (χ0v) is 12.4. The van der Waals surface area contributed by atoms with E-state index in [9.17, 15) is 0 Å². The van der Waals surface area contributed by atoms with E-state index in [-0.39, 0.29) is 6.04 Å². The molecule has 0 saturated heterocycles. The molecule has 0 aliphatic heterocycles. The van der Waals surface area contributed by atoms with E-state index in [0.717, 1.165) is 17.1 Å². The number of thiazole rings is 1. The normalized spacial score (nSPS) is 13.1. The van der Waals surface area contributed by atoms with Crippen LogP contribution in [0.5, 0.6) is 0 Å². The lowest BCUT2D eigenvalue weighted by Gasteiger charge is -2.10. The molecule has 2 aromatic heterocycles. The summed E-state index contributed by atoms with van der Waals surface area (Å²) < 4.78 is 5.23. The van der Waals surface area contributed by atoms with Crippen LogP contribution in [-0.4, -0.2) is 21.2 Å². The van der Waals surface area contributed by atoms with Gasteiger partial charge in [-0.2, -0.15) is 4.98 Å². The molecule has 1 unspecified atom stereocenters. The van der Waals surface area contributed by atoms with Crippen LogP contribution < -0.4 is 5.73 Å². The summed E-state index contributed by atoms with van der Waals surface area (Å²) in [5.74, 6) is 1.88. The molecule has 2 rings (SSSR count). The summed E-state index contributed by atoms with van der Waals surface area (Å²) in [6.07, 6.45) is 2.23. The molecule has 0 spiro atoms. The second kappa shape index (κ2) is 6.25. The molecule has 5 nitrogen and oxygen atoms in total. The lowest BCUT2D eigenvalue weighted by atomic mass is 10.0. The number of aromatic nitrogens is 3. The first-order valence-electron chi connectivity index (χ1n) is 6.51. The van der Waals surface area contributed by atoms with Gasteiger partial charge in [-0.3, -0.25) is 0 Å². The highest BCUT2D eigenvalue weighted by atomic mass is 32.1. The van der Waals surface area contributed by atoms with Crippen molar-refractivity contribution in [2.45, 2.75) is 46.1 Å². The SMILES string of the molecule is Cc1csc(Cc2noc(CC(N)CC(C)C)n2)n1. The van der Waals surface area contributed by atoms with E-state index in [2.05, 4.69) is 29.0 Å². The topological polar surface area (TPSA) is 77.8 Å². The fourth-order valence-electron chi connectivity index (χ4n) is 1.98. The molecule has 0 amide bonds. The zero-order valence-electron chi connectivity index (χ0n) is 11.6. The molecular weight excluding hydrogens is 260 g/mol. The Kier molecular flexibility index (Phi) is 4.66. The maximum Gasteiger partial charge on any atom is 0.228 e. The number of nitrogens with zero attached hydrogens (tertiary/aromatic N) is 3. The van der Waals surface area contributed by atoms with Gasteiger partial charge in [0.05, 0.1) is 6.42 Å². The van der Waals surface area contributed by atoms with Crippen molar-refractivity contribution >= 4 is 11.3 Å². The third kappa shape index (κ3) is 4.40. The molecule has 2 heterocycles. The second-order valence-corrected chi connectivity index (χ2v) is 6.20. The van der Waals surface area contributed by atoms with Crippen LogP contribution in [0.25, 0.3) is 0 Å². The molecule has 104 valence electrons. The molecular formula is C13H20N4OS. The fourth-order valence-corrected chi connectivity index (χ4v) is 2.75. The van der Waals surface area contributed by atoms with E-state index in [4.69, 9.17) is 10.3 Å². The Morgan fingerprint density at radius 3 is 2.79 bits per heavy atom. The smallest absolute Gasteiger partial charge is 0.228 e. The fraction of sp³-hybridized carbons (Fsp3) is 0.615. The van der Waals surface area contributed by atoms with Gasteiger partial charge in [0.1, 0.15) is 5.01 Å². The van der Waals surface area contributed by atoms with Crippen molar-refractivity contribution in [1.82, 2.24) is 15.1 Å². The molecule has 2 N–H and O–H groups in total. The Morgan fingerprint density at radius 2 is 2.16 bits per heavy atom. The first kappa shape index (κ1) is 14.1. The summed E-state index contributed by atoms with van der Waals surface area (Å²) in [7, 11) is 0. The predicted octanol–water partition coefficient (Wildman–Crippen LogP) is 2.34. The highest BCUT2D eigenvalue weighted by Gasteiger charge is 2.13. The molecule has 0 saturated carbocycles. The summed E-state index contributed by atoms with van der Waals surface area (Å²) in [6.45, 7) is 6.29. The van der Waals surface area contributed by atoms with E-state index < -0.39 is 0 Å². The van der Waals surface area contributed by atoms with Gasteiger partial charge in [-0.05, 0) is 19.3 Å². The summed E-state index contributed by atoms with van der Waals surface area (Å²) in [6, 6.07) is 0.0791. The summed E-state index contributed by atoms with van der Waals surface area (Å²) in [5.41, 5.74) is 7.06. The minimum Gasteiger partial charge on any atom is -0.339 e. The summed E-state index contributed by atoms with van der Waals surface area (Å²) in [4.78, 5) is 8.76. The van der Waals surface area contributed by atoms with Crippen LogP contribution in [0.4, 0.5) is 0 Å². The van der Waals surface area contributed by atoms with Gasteiger partial charge in [-0.15, -0.1) is 11.3 Å². The van der Waals surface area contributed by atoms with Crippen LogP contribution in [0, 0.1) is 12.8 Å². The van der Waals surface area contributed by atoms with Crippen LogP contribution >= 0.6 is 11.3 Å². The zero-order chi connectivity index (χ0) is 13.8. The number of rotatable bonds is 6. The Bertz CT molecular complexity index is 520. The van der Waals surface area contributed by atoms with Crippen molar-refractivity contribution in [1.29, 1.82) is 0 Å². The van der Waals surface area contributed by atoms with Gasteiger partial charge in [0.25, 0.3) is 0 Å². The molecule has 0 aliphatic carbocycles. The molecule has 0 aromatic carbocycles. The van der Waals surface area contributed by atoms with E-state index in [1.54, 1.807) is 11.3 Å². The van der Waals surface area contributed by atoms with Gasteiger partial charge in [0, 0.05) is 23.5 Å². The van der Waals surface area contributed by atoms with E-state index in [0.29, 0.717) is 30.5 Å². The third-order valence-corrected chi connectivity index (χ3v) is 3.66.